The Balaban J connectivity index is 0.000000251. The van der Waals surface area contributed by atoms with Gasteiger partial charge in [-0.3, -0.25) is 9.69 Å². The van der Waals surface area contributed by atoms with Crippen molar-refractivity contribution in [2.45, 2.75) is 53.7 Å². The molecule has 316 valence electrons. The van der Waals surface area contributed by atoms with Gasteiger partial charge in [0.2, 0.25) is 0 Å². The van der Waals surface area contributed by atoms with Gasteiger partial charge in [-0.25, -0.2) is 4.39 Å². The van der Waals surface area contributed by atoms with Crippen molar-refractivity contribution in [3.63, 3.8) is 0 Å². The number of hydrogen-bond donors (Lipinski definition) is 2. The number of benzene rings is 4. The van der Waals surface area contributed by atoms with Crippen LogP contribution in [0.5, 0.6) is 0 Å². The van der Waals surface area contributed by atoms with Gasteiger partial charge in [0.25, 0.3) is 0 Å². The summed E-state index contributed by atoms with van der Waals surface area (Å²) in [5, 5.41) is 20.6. The molecule has 58 heavy (non-hydrogen) atoms. The number of β-amino-alcohol motifs (C(OH)–C–C–N with tert-alkyl or cyclic N) is 1. The molecular formula is C43H51Cl3F4N4O3S. The summed E-state index contributed by atoms with van der Waals surface area (Å²) < 4.78 is 52.8. The van der Waals surface area contributed by atoms with E-state index in [1.54, 1.807) is 6.07 Å². The van der Waals surface area contributed by atoms with Gasteiger partial charge in [0.1, 0.15) is 5.82 Å². The van der Waals surface area contributed by atoms with Gasteiger partial charge in [0.15, 0.2) is 5.78 Å². The fourth-order valence-electron chi connectivity index (χ4n) is 7.52. The summed E-state index contributed by atoms with van der Waals surface area (Å²) >= 11 is 7.44. The van der Waals surface area contributed by atoms with Crippen molar-refractivity contribution in [2.24, 2.45) is 0 Å². The van der Waals surface area contributed by atoms with Crippen LogP contribution in [0.2, 0.25) is 5.02 Å². The van der Waals surface area contributed by atoms with Crippen molar-refractivity contribution in [1.82, 2.24) is 14.7 Å². The Bertz CT molecular complexity index is 1890. The number of piperazine rings is 1. The number of para-hydroxylation sites is 1. The van der Waals surface area contributed by atoms with Crippen molar-refractivity contribution in [1.29, 1.82) is 0 Å². The molecule has 0 bridgehead atoms. The molecule has 0 radical (unpaired) electrons. The summed E-state index contributed by atoms with van der Waals surface area (Å²) in [6.07, 6.45) is -0.939. The molecule has 0 aliphatic carbocycles. The SMILES string of the molecule is Cl.Cl.O=C(CCCN1CCC(O)(c2ccc(Cl)cc2)CC1)c1ccc(F)cc1.OCCN1CCN(CCCN2c3ccccc3Sc3ccc(C(F)(F)F)cc32)CC1. The number of nitrogens with zero attached hydrogens (tertiary/aromatic N) is 4. The van der Waals surface area contributed by atoms with Crippen LogP contribution in [0, 0.1) is 5.82 Å². The van der Waals surface area contributed by atoms with E-state index >= 15 is 0 Å². The summed E-state index contributed by atoms with van der Waals surface area (Å²) in [6, 6.07) is 25.0. The van der Waals surface area contributed by atoms with Crippen LogP contribution in [0.3, 0.4) is 0 Å². The number of alkyl halides is 3. The zero-order valence-corrected chi connectivity index (χ0v) is 35.4. The lowest BCUT2D eigenvalue weighted by atomic mass is 9.84. The number of likely N-dealkylation sites (tertiary alicyclic amines) is 1. The Morgan fingerprint density at radius 1 is 0.724 bits per heavy atom. The van der Waals surface area contributed by atoms with Gasteiger partial charge in [0, 0.05) is 79.2 Å². The van der Waals surface area contributed by atoms with Crippen molar-refractivity contribution in [3.8, 4) is 0 Å². The second-order valence-corrected chi connectivity index (χ2v) is 16.1. The molecule has 2 saturated heterocycles. The molecule has 0 saturated carbocycles. The molecule has 3 aliphatic rings. The lowest BCUT2D eigenvalue weighted by Gasteiger charge is -2.38. The first kappa shape index (κ1) is 47.8. The number of hydrogen-bond acceptors (Lipinski definition) is 8. The highest BCUT2D eigenvalue weighted by Crippen LogP contribution is 2.49. The molecule has 3 aliphatic heterocycles. The highest BCUT2D eigenvalue weighted by molar-refractivity contribution is 7.99. The third-order valence-corrected chi connectivity index (χ3v) is 12.2. The highest BCUT2D eigenvalue weighted by Gasteiger charge is 2.35. The molecule has 0 aromatic heterocycles. The molecule has 15 heteroatoms. The van der Waals surface area contributed by atoms with Crippen LogP contribution in [0.1, 0.15) is 53.6 Å². The van der Waals surface area contributed by atoms with Crippen LogP contribution in [-0.4, -0.2) is 103 Å². The summed E-state index contributed by atoms with van der Waals surface area (Å²) in [5.41, 5.74) is 1.68. The molecule has 3 heterocycles. The summed E-state index contributed by atoms with van der Waals surface area (Å²) in [4.78, 5) is 23.0. The minimum atomic E-state index is -4.35. The number of piperidine rings is 1. The van der Waals surface area contributed by atoms with Crippen molar-refractivity contribution in [3.05, 3.63) is 119 Å². The number of anilines is 2. The largest absolute Gasteiger partial charge is 0.416 e. The maximum atomic E-state index is 13.3. The molecule has 0 atom stereocenters. The zero-order chi connectivity index (χ0) is 39.7. The number of Topliss-reactive ketones (excluding diaryl/α,β-unsaturated/α-hetero) is 1. The van der Waals surface area contributed by atoms with E-state index < -0.39 is 17.3 Å². The Kier molecular flexibility index (Phi) is 18.2. The fraction of sp³-hybridized carbons (Fsp3) is 0.419. The average Bonchev–Trinajstić information content (AvgIpc) is 3.19. The minimum absolute atomic E-state index is 0. The number of carbonyl (C=O) groups excluding carboxylic acids is 1. The second kappa shape index (κ2) is 22.1. The number of halogens is 7. The second-order valence-electron chi connectivity index (χ2n) is 14.6. The van der Waals surface area contributed by atoms with Crippen LogP contribution in [0.15, 0.2) is 101 Å². The van der Waals surface area contributed by atoms with E-state index in [0.717, 1.165) is 86.2 Å². The smallest absolute Gasteiger partial charge is 0.395 e. The lowest BCUT2D eigenvalue weighted by molar-refractivity contribution is -0.137. The van der Waals surface area contributed by atoms with Crippen molar-refractivity contribution < 1.29 is 32.6 Å². The maximum absolute atomic E-state index is 13.3. The predicted molar refractivity (Wildman–Crippen MR) is 229 cm³/mol. The van der Waals surface area contributed by atoms with Crippen LogP contribution in [-0.2, 0) is 11.8 Å². The monoisotopic (exact) mass is 884 g/mol. The Hall–Kier alpha value is -2.91. The lowest BCUT2D eigenvalue weighted by Crippen LogP contribution is -2.47. The average molecular weight is 886 g/mol. The molecular weight excluding hydrogens is 835 g/mol. The first-order valence-corrected chi connectivity index (χ1v) is 20.4. The first-order valence-electron chi connectivity index (χ1n) is 19.2. The molecule has 0 spiro atoms. The van der Waals surface area contributed by atoms with Crippen LogP contribution >= 0.6 is 48.2 Å². The summed E-state index contributed by atoms with van der Waals surface area (Å²) in [7, 11) is 0. The third kappa shape index (κ3) is 12.8. The summed E-state index contributed by atoms with van der Waals surface area (Å²) in [5.74, 6) is -0.289. The topological polar surface area (TPSA) is 70.5 Å². The Morgan fingerprint density at radius 2 is 1.31 bits per heavy atom. The summed E-state index contributed by atoms with van der Waals surface area (Å²) in [6.45, 7) is 8.71. The molecule has 0 unspecified atom stereocenters. The minimum Gasteiger partial charge on any atom is -0.395 e. The van der Waals surface area contributed by atoms with Crippen molar-refractivity contribution >= 4 is 65.3 Å². The van der Waals surface area contributed by atoms with E-state index in [9.17, 15) is 27.5 Å². The molecule has 4 aromatic carbocycles. The number of rotatable bonds is 12. The quantitative estimate of drug-likeness (QED) is 0.108. The van der Waals surface area contributed by atoms with Gasteiger partial charge in [0.05, 0.1) is 29.1 Å². The first-order chi connectivity index (χ1) is 26.9. The van der Waals surface area contributed by atoms with Crippen LogP contribution < -0.4 is 4.90 Å². The van der Waals surface area contributed by atoms with E-state index in [4.69, 9.17) is 16.7 Å². The fourth-order valence-corrected chi connectivity index (χ4v) is 8.72. The Labute approximate surface area is 360 Å². The predicted octanol–water partition coefficient (Wildman–Crippen LogP) is 9.58. The highest BCUT2D eigenvalue weighted by atomic mass is 35.5. The molecule has 7 nitrogen and oxygen atoms in total. The number of carbonyl (C=O) groups is 1. The van der Waals surface area contributed by atoms with E-state index in [-0.39, 0.29) is 43.0 Å². The van der Waals surface area contributed by atoms with Gasteiger partial charge in [-0.05, 0) is 111 Å². The van der Waals surface area contributed by atoms with Crippen LogP contribution in [0.25, 0.3) is 0 Å². The van der Waals surface area contributed by atoms with Gasteiger partial charge >= 0.3 is 6.18 Å². The number of fused-ring (bicyclic) bond motifs is 2. The number of aliphatic hydroxyl groups excluding tert-OH is 1. The molecule has 0 amide bonds. The third-order valence-electron chi connectivity index (χ3n) is 10.8. The zero-order valence-electron chi connectivity index (χ0n) is 32.2. The molecule has 2 N–H and O–H groups in total. The van der Waals surface area contributed by atoms with Crippen LogP contribution in [0.4, 0.5) is 28.9 Å². The molecule has 4 aromatic rings. The molecule has 7 rings (SSSR count). The van der Waals surface area contributed by atoms with E-state index in [1.807, 2.05) is 53.4 Å². The Morgan fingerprint density at radius 3 is 1.95 bits per heavy atom. The normalized spacial score (nSPS) is 16.8. The number of aliphatic hydroxyl groups is 2. The van der Waals surface area contributed by atoms with Gasteiger partial charge in [-0.1, -0.05) is 47.6 Å². The van der Waals surface area contributed by atoms with E-state index in [1.165, 1.54) is 48.2 Å². The molecule has 2 fully saturated rings. The van der Waals surface area contributed by atoms with Crippen molar-refractivity contribution in [2.75, 3.05) is 77.0 Å². The van der Waals surface area contributed by atoms with Gasteiger partial charge < -0.3 is 24.9 Å². The van der Waals surface area contributed by atoms with E-state index in [2.05, 4.69) is 14.7 Å². The maximum Gasteiger partial charge on any atom is 0.416 e. The van der Waals surface area contributed by atoms with E-state index in [0.29, 0.717) is 48.6 Å². The standard InChI is InChI=1S/C22H26F3N3OS.C21H23ClFNO2.2ClH/c23-22(24,25)17-6-7-21-19(16-17)28(18-4-1-2-5-20(18)30-21)9-3-8-26-10-12-27(13-11-26)14-15-29;22-18-7-5-17(6-8-18)21(26)11-14-24(15-12-21)13-1-2-20(25)16-3-9-19(23)10-4-16;;/h1-2,4-7,16,29H,3,8-15H2;3-10,26H,1-2,11-15H2;2*1H. The number of ketones is 1. The van der Waals surface area contributed by atoms with Gasteiger partial charge in [-0.2, -0.15) is 13.2 Å². The van der Waals surface area contributed by atoms with Gasteiger partial charge in [-0.15, -0.1) is 24.8 Å².